The molecule has 2 rings (SSSR count). The van der Waals surface area contributed by atoms with Crippen LogP contribution < -0.4 is 5.32 Å². The lowest BCUT2D eigenvalue weighted by atomic mass is 10.1. The van der Waals surface area contributed by atoms with E-state index in [-0.39, 0.29) is 16.7 Å². The highest BCUT2D eigenvalue weighted by molar-refractivity contribution is 7.09. The normalized spacial score (nSPS) is 12.1. The van der Waals surface area contributed by atoms with Gasteiger partial charge in [0.25, 0.3) is 5.69 Å². The molecule has 0 aliphatic carbocycles. The van der Waals surface area contributed by atoms with E-state index in [0.29, 0.717) is 5.69 Å². The van der Waals surface area contributed by atoms with Crippen LogP contribution in [0.2, 0.25) is 0 Å². The van der Waals surface area contributed by atoms with Crippen molar-refractivity contribution in [2.75, 3.05) is 5.32 Å². The number of hydrogen-bond donors (Lipinski definition) is 1. The molecule has 1 heterocycles. The molecule has 0 bridgehead atoms. The van der Waals surface area contributed by atoms with Gasteiger partial charge in [0.05, 0.1) is 16.5 Å². The van der Waals surface area contributed by atoms with Crippen LogP contribution >= 0.6 is 11.3 Å². The Hall–Kier alpha value is -1.95. The van der Waals surface area contributed by atoms with E-state index in [2.05, 4.69) is 10.3 Å². The largest absolute Gasteiger partial charge is 0.372 e. The monoisotopic (exact) mass is 263 g/mol. The number of benzene rings is 1. The van der Waals surface area contributed by atoms with E-state index in [1.165, 1.54) is 11.3 Å². The number of nitro benzene ring substituents is 1. The Kier molecular flexibility index (Phi) is 3.57. The molecule has 0 fully saturated rings. The number of nitro groups is 1. The fourth-order valence-electron chi connectivity index (χ4n) is 1.66. The maximum Gasteiger partial charge on any atom is 0.292 e. The van der Waals surface area contributed by atoms with Crippen molar-refractivity contribution in [3.8, 4) is 0 Å². The van der Waals surface area contributed by atoms with Crippen LogP contribution in [-0.2, 0) is 0 Å². The lowest BCUT2D eigenvalue weighted by Gasteiger charge is -2.13. The predicted octanol–water partition coefficient (Wildman–Crippen LogP) is 3.53. The zero-order valence-corrected chi connectivity index (χ0v) is 10.9. The van der Waals surface area contributed by atoms with E-state index in [1.54, 1.807) is 23.8 Å². The third kappa shape index (κ3) is 2.65. The second kappa shape index (κ2) is 5.14. The molecule has 2 aromatic rings. The number of thiazole rings is 1. The van der Waals surface area contributed by atoms with Gasteiger partial charge >= 0.3 is 0 Å². The molecule has 0 aliphatic heterocycles. The molecule has 1 atom stereocenters. The first-order valence-corrected chi connectivity index (χ1v) is 6.36. The van der Waals surface area contributed by atoms with Gasteiger partial charge in [-0.2, -0.15) is 0 Å². The van der Waals surface area contributed by atoms with Crippen LogP contribution in [0.5, 0.6) is 0 Å². The van der Waals surface area contributed by atoms with E-state index in [9.17, 15) is 10.1 Å². The summed E-state index contributed by atoms with van der Waals surface area (Å²) in [7, 11) is 0. The molecular formula is C12H13N3O2S. The predicted molar refractivity (Wildman–Crippen MR) is 72.0 cm³/mol. The van der Waals surface area contributed by atoms with E-state index < -0.39 is 0 Å². The van der Waals surface area contributed by atoms with Gasteiger partial charge in [-0.15, -0.1) is 11.3 Å². The van der Waals surface area contributed by atoms with Crippen LogP contribution in [0.25, 0.3) is 0 Å². The summed E-state index contributed by atoms with van der Waals surface area (Å²) in [6.45, 7) is 3.79. The van der Waals surface area contributed by atoms with Crippen molar-refractivity contribution in [3.63, 3.8) is 0 Å². The highest BCUT2D eigenvalue weighted by Gasteiger charge is 2.16. The van der Waals surface area contributed by atoms with Crippen LogP contribution in [0.15, 0.2) is 29.9 Å². The highest BCUT2D eigenvalue weighted by Crippen LogP contribution is 2.29. The maximum atomic E-state index is 11.0. The van der Waals surface area contributed by atoms with Gasteiger partial charge in [-0.25, -0.2) is 0 Å². The molecule has 0 aliphatic rings. The zero-order valence-electron chi connectivity index (χ0n) is 10.1. The van der Waals surface area contributed by atoms with E-state index in [1.807, 2.05) is 19.9 Å². The van der Waals surface area contributed by atoms with Crippen LogP contribution in [0.4, 0.5) is 11.4 Å². The van der Waals surface area contributed by atoms with E-state index in [0.717, 1.165) is 10.4 Å². The van der Waals surface area contributed by atoms with Crippen LogP contribution in [-0.4, -0.2) is 9.91 Å². The maximum absolute atomic E-state index is 11.0. The topological polar surface area (TPSA) is 68.1 Å². The lowest BCUT2D eigenvalue weighted by molar-refractivity contribution is -0.384. The smallest absolute Gasteiger partial charge is 0.292 e. The quantitative estimate of drug-likeness (QED) is 0.676. The van der Waals surface area contributed by atoms with Crippen molar-refractivity contribution in [1.29, 1.82) is 0 Å². The van der Waals surface area contributed by atoms with Crippen LogP contribution in [0.1, 0.15) is 23.4 Å². The average Bonchev–Trinajstić information content (AvgIpc) is 2.84. The minimum atomic E-state index is -0.366. The van der Waals surface area contributed by atoms with E-state index >= 15 is 0 Å². The third-order valence-electron chi connectivity index (χ3n) is 2.60. The molecule has 0 saturated heterocycles. The standard InChI is InChI=1S/C12H13N3O2S/c1-8-3-4-10(11(5-8)15(16)17)14-9(2)12-6-13-7-18-12/h3-7,9,14H,1-2H3. The molecule has 0 amide bonds. The molecular weight excluding hydrogens is 250 g/mol. The second-order valence-corrected chi connectivity index (χ2v) is 4.97. The molecule has 18 heavy (non-hydrogen) atoms. The van der Waals surface area contributed by atoms with Crippen molar-refractivity contribution in [1.82, 2.24) is 4.98 Å². The number of aromatic nitrogens is 1. The first-order valence-electron chi connectivity index (χ1n) is 5.48. The molecule has 0 spiro atoms. The van der Waals surface area contributed by atoms with Gasteiger partial charge in [0.1, 0.15) is 5.69 Å². The molecule has 5 nitrogen and oxygen atoms in total. The Bertz CT molecular complexity index is 554. The number of rotatable bonds is 4. The van der Waals surface area contributed by atoms with Crippen molar-refractivity contribution < 1.29 is 4.92 Å². The molecule has 6 heteroatoms. The number of anilines is 1. The SMILES string of the molecule is Cc1ccc(NC(C)c2cncs2)c([N+](=O)[O-])c1. The highest BCUT2D eigenvalue weighted by atomic mass is 32.1. The van der Waals surface area contributed by atoms with E-state index in [4.69, 9.17) is 0 Å². The average molecular weight is 263 g/mol. The molecule has 0 radical (unpaired) electrons. The summed E-state index contributed by atoms with van der Waals surface area (Å²) in [5.41, 5.74) is 3.26. The summed E-state index contributed by atoms with van der Waals surface area (Å²) in [6, 6.07) is 5.17. The van der Waals surface area contributed by atoms with Crippen molar-refractivity contribution in [2.24, 2.45) is 0 Å². The fourth-order valence-corrected chi connectivity index (χ4v) is 2.29. The van der Waals surface area contributed by atoms with Gasteiger partial charge in [0.2, 0.25) is 0 Å². The van der Waals surface area contributed by atoms with Crippen molar-refractivity contribution in [2.45, 2.75) is 19.9 Å². The van der Waals surface area contributed by atoms with Crippen molar-refractivity contribution in [3.05, 3.63) is 50.5 Å². The summed E-state index contributed by atoms with van der Waals surface area (Å²) in [4.78, 5) is 15.7. The van der Waals surface area contributed by atoms with Gasteiger partial charge in [0, 0.05) is 17.1 Å². The van der Waals surface area contributed by atoms with Crippen LogP contribution in [0.3, 0.4) is 0 Å². The van der Waals surface area contributed by atoms with Crippen LogP contribution in [0, 0.1) is 17.0 Å². The Morgan fingerprint density at radius 3 is 2.89 bits per heavy atom. The number of hydrogen-bond acceptors (Lipinski definition) is 5. The molecule has 1 aromatic carbocycles. The molecule has 1 aromatic heterocycles. The summed E-state index contributed by atoms with van der Waals surface area (Å²) in [6.07, 6.45) is 1.77. The minimum absolute atomic E-state index is 0.00101. The van der Waals surface area contributed by atoms with Crippen molar-refractivity contribution >= 4 is 22.7 Å². The first-order chi connectivity index (χ1) is 8.58. The fraction of sp³-hybridized carbons (Fsp3) is 0.250. The molecule has 0 saturated carbocycles. The third-order valence-corrected chi connectivity index (χ3v) is 3.56. The summed E-state index contributed by atoms with van der Waals surface area (Å²) >= 11 is 1.52. The Morgan fingerprint density at radius 1 is 1.50 bits per heavy atom. The summed E-state index contributed by atoms with van der Waals surface area (Å²) in [5.74, 6) is 0. The number of nitrogens with zero attached hydrogens (tertiary/aromatic N) is 2. The minimum Gasteiger partial charge on any atom is -0.372 e. The number of aryl methyl sites for hydroxylation is 1. The van der Waals surface area contributed by atoms with Gasteiger partial charge in [0.15, 0.2) is 0 Å². The zero-order chi connectivity index (χ0) is 13.1. The lowest BCUT2D eigenvalue weighted by Crippen LogP contribution is -2.07. The first kappa shape index (κ1) is 12.5. The number of nitrogens with one attached hydrogen (secondary N) is 1. The Labute approximate surface area is 109 Å². The Morgan fingerprint density at radius 2 is 2.28 bits per heavy atom. The molecule has 94 valence electrons. The van der Waals surface area contributed by atoms with Gasteiger partial charge in [-0.1, -0.05) is 6.07 Å². The van der Waals surface area contributed by atoms with Gasteiger partial charge in [-0.05, 0) is 25.5 Å². The summed E-state index contributed by atoms with van der Waals surface area (Å²) < 4.78 is 0. The van der Waals surface area contributed by atoms with Gasteiger partial charge in [-0.3, -0.25) is 15.1 Å². The second-order valence-electron chi connectivity index (χ2n) is 4.05. The Balaban J connectivity index is 2.26. The molecule has 1 unspecified atom stereocenters. The summed E-state index contributed by atoms with van der Waals surface area (Å²) in [5, 5.41) is 14.1. The van der Waals surface area contributed by atoms with Gasteiger partial charge < -0.3 is 5.32 Å². The molecule has 1 N–H and O–H groups in total.